The monoisotopic (exact) mass is 532 g/mol. The Morgan fingerprint density at radius 1 is 0.650 bits per heavy atom. The predicted molar refractivity (Wildman–Crippen MR) is 155 cm³/mol. The molecule has 40 heavy (non-hydrogen) atoms. The summed E-state index contributed by atoms with van der Waals surface area (Å²) in [7, 11) is 5.84. The number of methoxy groups -OCH3 is 4. The second kappa shape index (κ2) is 11.3. The Balaban J connectivity index is 1.95. The minimum Gasteiger partial charge on any atom is -0.497 e. The second-order valence-corrected chi connectivity index (χ2v) is 9.06. The molecule has 2 aliphatic rings. The fraction of sp³-hybridized carbons (Fsp3) is 0.118. The van der Waals surface area contributed by atoms with E-state index in [1.807, 2.05) is 91.0 Å². The topological polar surface area (TPSA) is 71.1 Å². The van der Waals surface area contributed by atoms with E-state index in [1.54, 1.807) is 20.3 Å². The molecule has 0 N–H and O–H groups in total. The van der Waals surface area contributed by atoms with Crippen molar-refractivity contribution in [3.8, 4) is 11.5 Å². The van der Waals surface area contributed by atoms with Crippen molar-refractivity contribution in [2.24, 2.45) is 0 Å². The van der Waals surface area contributed by atoms with Crippen LogP contribution in [0.5, 0.6) is 11.5 Å². The fourth-order valence-corrected chi connectivity index (χ4v) is 5.04. The van der Waals surface area contributed by atoms with Crippen molar-refractivity contribution in [2.45, 2.75) is 0 Å². The maximum atomic E-state index is 13.6. The highest BCUT2D eigenvalue weighted by Gasteiger charge is 2.35. The first-order chi connectivity index (χ1) is 19.5. The van der Waals surface area contributed by atoms with Crippen LogP contribution in [0.3, 0.4) is 0 Å². The van der Waals surface area contributed by atoms with Crippen LogP contribution < -0.4 is 9.47 Å². The van der Waals surface area contributed by atoms with E-state index in [1.165, 1.54) is 14.2 Å². The molecule has 0 spiro atoms. The molecule has 0 unspecified atom stereocenters. The van der Waals surface area contributed by atoms with Gasteiger partial charge in [0.25, 0.3) is 0 Å². The summed E-state index contributed by atoms with van der Waals surface area (Å²) in [5.41, 5.74) is 6.56. The summed E-state index contributed by atoms with van der Waals surface area (Å²) in [5.74, 6) is 0.145. The highest BCUT2D eigenvalue weighted by Crippen LogP contribution is 2.48. The van der Waals surface area contributed by atoms with Crippen molar-refractivity contribution in [3.63, 3.8) is 0 Å². The van der Waals surface area contributed by atoms with E-state index >= 15 is 0 Å². The predicted octanol–water partition coefficient (Wildman–Crippen LogP) is 6.31. The molecule has 2 aliphatic carbocycles. The van der Waals surface area contributed by atoms with Crippen molar-refractivity contribution in [3.05, 3.63) is 130 Å². The summed E-state index contributed by atoms with van der Waals surface area (Å²) in [6, 6.07) is 23.0. The van der Waals surface area contributed by atoms with Gasteiger partial charge in [0.1, 0.15) is 11.5 Å². The third-order valence-electron chi connectivity index (χ3n) is 6.96. The Kier molecular flexibility index (Phi) is 7.51. The zero-order chi connectivity index (χ0) is 28.2. The SMILES string of the molecule is COC(=O)C1=Cc2ccccc2C2=C(c3ccc(OC)cc3)C=CC=C(c3ccc(OC)cc3)C2=C1C(=O)OC. The third kappa shape index (κ3) is 4.76. The smallest absolute Gasteiger partial charge is 0.339 e. The van der Waals surface area contributed by atoms with Crippen molar-refractivity contribution in [1.82, 2.24) is 0 Å². The van der Waals surface area contributed by atoms with E-state index in [9.17, 15) is 9.59 Å². The quantitative estimate of drug-likeness (QED) is 0.347. The van der Waals surface area contributed by atoms with Gasteiger partial charge in [0.15, 0.2) is 0 Å². The first-order valence-corrected chi connectivity index (χ1v) is 12.6. The molecule has 0 heterocycles. The number of benzene rings is 3. The average molecular weight is 533 g/mol. The van der Waals surface area contributed by atoms with Crippen LogP contribution in [0.15, 0.2) is 108 Å². The van der Waals surface area contributed by atoms with Crippen LogP contribution in [0.25, 0.3) is 22.8 Å². The lowest BCUT2D eigenvalue weighted by Gasteiger charge is -2.22. The van der Waals surface area contributed by atoms with E-state index < -0.39 is 11.9 Å². The van der Waals surface area contributed by atoms with Gasteiger partial charge in [-0.05, 0) is 69.3 Å². The number of allylic oxidation sites excluding steroid dienone is 7. The molecule has 6 nitrogen and oxygen atoms in total. The molecule has 0 saturated heterocycles. The van der Waals surface area contributed by atoms with Gasteiger partial charge in [0, 0.05) is 5.57 Å². The summed E-state index contributed by atoms with van der Waals surface area (Å²) in [5, 5.41) is 0. The molecule has 0 amide bonds. The van der Waals surface area contributed by atoms with Gasteiger partial charge in [-0.3, -0.25) is 0 Å². The first kappa shape index (κ1) is 26.5. The molecular weight excluding hydrogens is 504 g/mol. The van der Waals surface area contributed by atoms with E-state index in [-0.39, 0.29) is 11.1 Å². The van der Waals surface area contributed by atoms with Crippen LogP contribution in [0.4, 0.5) is 0 Å². The van der Waals surface area contributed by atoms with Gasteiger partial charge in [-0.25, -0.2) is 9.59 Å². The molecule has 0 atom stereocenters. The molecule has 3 aromatic rings. The number of fused-ring (bicyclic) bond motifs is 3. The van der Waals surface area contributed by atoms with Gasteiger partial charge in [-0.1, -0.05) is 66.8 Å². The lowest BCUT2D eigenvalue weighted by Crippen LogP contribution is -2.17. The molecule has 6 heteroatoms. The molecule has 0 fully saturated rings. The van der Waals surface area contributed by atoms with Gasteiger partial charge in [-0.2, -0.15) is 0 Å². The molecule has 5 rings (SSSR count). The van der Waals surface area contributed by atoms with Crippen molar-refractivity contribution in [2.75, 3.05) is 28.4 Å². The highest BCUT2D eigenvalue weighted by atomic mass is 16.5. The van der Waals surface area contributed by atoms with Crippen LogP contribution in [0, 0.1) is 0 Å². The zero-order valence-electron chi connectivity index (χ0n) is 22.7. The number of rotatable bonds is 6. The summed E-state index contributed by atoms with van der Waals surface area (Å²) in [6.45, 7) is 0. The molecule has 3 aromatic carbocycles. The van der Waals surface area contributed by atoms with Gasteiger partial charge < -0.3 is 18.9 Å². The molecule has 0 aromatic heterocycles. The minimum absolute atomic E-state index is 0.113. The molecule has 0 radical (unpaired) electrons. The Morgan fingerprint density at radius 3 is 1.85 bits per heavy atom. The number of hydrogen-bond acceptors (Lipinski definition) is 6. The Bertz CT molecular complexity index is 1630. The Morgan fingerprint density at radius 2 is 1.25 bits per heavy atom. The minimum atomic E-state index is -0.646. The molecule has 0 saturated carbocycles. The van der Waals surface area contributed by atoms with Gasteiger partial charge >= 0.3 is 11.9 Å². The number of esters is 2. The van der Waals surface area contributed by atoms with Gasteiger partial charge in [-0.15, -0.1) is 0 Å². The zero-order valence-corrected chi connectivity index (χ0v) is 22.7. The molecular formula is C34H28O6. The van der Waals surface area contributed by atoms with Crippen molar-refractivity contribution < 1.29 is 28.5 Å². The highest BCUT2D eigenvalue weighted by molar-refractivity contribution is 6.22. The van der Waals surface area contributed by atoms with E-state index in [0.717, 1.165) is 44.7 Å². The number of hydrogen-bond donors (Lipinski definition) is 0. The molecule has 0 aliphatic heterocycles. The first-order valence-electron chi connectivity index (χ1n) is 12.6. The average Bonchev–Trinajstić information content (AvgIpc) is 3.29. The standard InChI is InChI=1S/C34H28O6/c1-37-24-16-12-21(13-17-24)26-10-7-11-27(22-14-18-25(38-2)19-15-22)31-30(26)28-9-6-5-8-23(28)20-29(33(35)39-3)32(31)34(36)40-4/h5-20H,1-4H3. The van der Waals surface area contributed by atoms with Crippen LogP contribution in [0.1, 0.15) is 22.3 Å². The van der Waals surface area contributed by atoms with E-state index in [0.29, 0.717) is 11.3 Å². The second-order valence-electron chi connectivity index (χ2n) is 9.06. The maximum Gasteiger partial charge on any atom is 0.339 e. The Labute approximate surface area is 233 Å². The lowest BCUT2D eigenvalue weighted by molar-refractivity contribution is -0.139. The Hall–Kier alpha value is -5.10. The van der Waals surface area contributed by atoms with Gasteiger partial charge in [0.2, 0.25) is 0 Å². The van der Waals surface area contributed by atoms with Crippen LogP contribution in [-0.4, -0.2) is 40.4 Å². The van der Waals surface area contributed by atoms with Crippen molar-refractivity contribution >= 4 is 34.7 Å². The molecule has 0 bridgehead atoms. The number of ether oxygens (including phenoxy) is 4. The van der Waals surface area contributed by atoms with Crippen LogP contribution in [0.2, 0.25) is 0 Å². The maximum absolute atomic E-state index is 13.6. The van der Waals surface area contributed by atoms with E-state index in [4.69, 9.17) is 18.9 Å². The molecule has 200 valence electrons. The van der Waals surface area contributed by atoms with Crippen LogP contribution in [-0.2, 0) is 19.1 Å². The summed E-state index contributed by atoms with van der Waals surface area (Å²) < 4.78 is 21.2. The summed E-state index contributed by atoms with van der Waals surface area (Å²) in [6.07, 6.45) is 7.61. The van der Waals surface area contributed by atoms with Crippen LogP contribution >= 0.6 is 0 Å². The van der Waals surface area contributed by atoms with Crippen molar-refractivity contribution in [1.29, 1.82) is 0 Å². The van der Waals surface area contributed by atoms with E-state index in [2.05, 4.69) is 0 Å². The normalized spacial score (nSPS) is 14.2. The summed E-state index contributed by atoms with van der Waals surface area (Å²) in [4.78, 5) is 26.9. The fourth-order valence-electron chi connectivity index (χ4n) is 5.04. The number of carbonyl (C=O) groups is 2. The summed E-state index contributed by atoms with van der Waals surface area (Å²) >= 11 is 0. The third-order valence-corrected chi connectivity index (χ3v) is 6.96. The number of carbonyl (C=O) groups excluding carboxylic acids is 2. The lowest BCUT2D eigenvalue weighted by atomic mass is 9.81. The largest absolute Gasteiger partial charge is 0.497 e. The van der Waals surface area contributed by atoms with Gasteiger partial charge in [0.05, 0.1) is 39.6 Å².